The Kier molecular flexibility index (Phi) is 6.99. The van der Waals surface area contributed by atoms with Gasteiger partial charge in [0.1, 0.15) is 6.61 Å². The summed E-state index contributed by atoms with van der Waals surface area (Å²) in [4.78, 5) is 0. The maximum absolute atomic E-state index is 11.5. The molecular formula is C8H15F3O2. The molecular weight excluding hydrogens is 185 g/mol. The maximum atomic E-state index is 11.5. The first-order valence-electron chi connectivity index (χ1n) is 4.28. The summed E-state index contributed by atoms with van der Waals surface area (Å²) in [5, 5.41) is 0. The van der Waals surface area contributed by atoms with Crippen molar-refractivity contribution in [3.8, 4) is 0 Å². The van der Waals surface area contributed by atoms with Gasteiger partial charge in [0, 0.05) is 19.8 Å². The molecule has 0 amide bonds. The van der Waals surface area contributed by atoms with E-state index in [9.17, 15) is 13.2 Å². The summed E-state index contributed by atoms with van der Waals surface area (Å²) in [7, 11) is 0. The molecule has 0 aliphatic heterocycles. The highest BCUT2D eigenvalue weighted by molar-refractivity contribution is 4.45. The van der Waals surface area contributed by atoms with Crippen molar-refractivity contribution in [1.82, 2.24) is 0 Å². The molecule has 0 aliphatic carbocycles. The van der Waals surface area contributed by atoms with Gasteiger partial charge in [-0.3, -0.25) is 0 Å². The molecule has 0 aromatic rings. The van der Waals surface area contributed by atoms with Gasteiger partial charge in [-0.25, -0.2) is 0 Å². The van der Waals surface area contributed by atoms with Crippen molar-refractivity contribution in [2.24, 2.45) is 0 Å². The van der Waals surface area contributed by atoms with Crippen LogP contribution in [0.25, 0.3) is 0 Å². The molecule has 13 heavy (non-hydrogen) atoms. The third-order valence-electron chi connectivity index (χ3n) is 1.19. The van der Waals surface area contributed by atoms with E-state index in [1.54, 1.807) is 0 Å². The monoisotopic (exact) mass is 200 g/mol. The first-order chi connectivity index (χ1) is 6.06. The van der Waals surface area contributed by atoms with E-state index in [0.29, 0.717) is 19.6 Å². The average Bonchev–Trinajstić information content (AvgIpc) is 2.01. The molecule has 0 unspecified atom stereocenters. The average molecular weight is 200 g/mol. The Balaban J connectivity index is 3.00. The molecule has 0 saturated carbocycles. The van der Waals surface area contributed by atoms with Gasteiger partial charge >= 0.3 is 6.18 Å². The Labute approximate surface area is 76.0 Å². The largest absolute Gasteiger partial charge is 0.411 e. The lowest BCUT2D eigenvalue weighted by Crippen LogP contribution is -2.17. The minimum Gasteiger partial charge on any atom is -0.381 e. The highest BCUT2D eigenvalue weighted by atomic mass is 19.4. The minimum absolute atomic E-state index is 0.100. The van der Waals surface area contributed by atoms with E-state index in [2.05, 4.69) is 4.74 Å². The molecule has 5 heteroatoms. The normalized spacial score (nSPS) is 12.0. The van der Waals surface area contributed by atoms with Gasteiger partial charge in [0.15, 0.2) is 0 Å². The lowest BCUT2D eigenvalue weighted by atomic mass is 10.5. The number of ether oxygens (including phenoxy) is 2. The zero-order valence-corrected chi connectivity index (χ0v) is 7.69. The van der Waals surface area contributed by atoms with Crippen LogP contribution in [-0.2, 0) is 9.47 Å². The van der Waals surface area contributed by atoms with Gasteiger partial charge in [-0.15, -0.1) is 0 Å². The van der Waals surface area contributed by atoms with Crippen LogP contribution in [0.3, 0.4) is 0 Å². The van der Waals surface area contributed by atoms with Crippen molar-refractivity contribution in [2.45, 2.75) is 25.9 Å². The molecule has 80 valence electrons. The van der Waals surface area contributed by atoms with Crippen LogP contribution in [0, 0.1) is 0 Å². The Morgan fingerprint density at radius 2 is 1.62 bits per heavy atom. The lowest BCUT2D eigenvalue weighted by Gasteiger charge is -2.07. The molecule has 0 radical (unpaired) electrons. The van der Waals surface area contributed by atoms with Gasteiger partial charge in [0.05, 0.1) is 0 Å². The molecule has 0 aliphatic rings. The van der Waals surface area contributed by atoms with E-state index in [1.165, 1.54) is 0 Å². The molecule has 0 spiro atoms. The second-order valence-electron chi connectivity index (χ2n) is 2.63. The molecule has 0 fully saturated rings. The fourth-order valence-corrected chi connectivity index (χ4v) is 0.697. The van der Waals surface area contributed by atoms with Crippen LogP contribution < -0.4 is 0 Å². The predicted molar refractivity (Wildman–Crippen MR) is 42.6 cm³/mol. The molecule has 0 atom stereocenters. The van der Waals surface area contributed by atoms with Gasteiger partial charge in [0.2, 0.25) is 0 Å². The van der Waals surface area contributed by atoms with Gasteiger partial charge in [0.25, 0.3) is 0 Å². The van der Waals surface area contributed by atoms with Crippen LogP contribution in [0.4, 0.5) is 13.2 Å². The van der Waals surface area contributed by atoms with Crippen LogP contribution in [0.15, 0.2) is 0 Å². The summed E-state index contributed by atoms with van der Waals surface area (Å²) >= 11 is 0. The Morgan fingerprint density at radius 1 is 1.00 bits per heavy atom. The number of hydrogen-bond acceptors (Lipinski definition) is 2. The van der Waals surface area contributed by atoms with Crippen molar-refractivity contribution in [2.75, 3.05) is 26.4 Å². The van der Waals surface area contributed by atoms with E-state index in [4.69, 9.17) is 4.74 Å². The van der Waals surface area contributed by atoms with E-state index in [-0.39, 0.29) is 6.61 Å². The van der Waals surface area contributed by atoms with Crippen LogP contribution >= 0.6 is 0 Å². The molecule has 0 rings (SSSR count). The summed E-state index contributed by atoms with van der Waals surface area (Å²) in [5.74, 6) is 0. The Morgan fingerprint density at radius 3 is 2.15 bits per heavy atom. The molecule has 0 N–H and O–H groups in total. The summed E-state index contributed by atoms with van der Waals surface area (Å²) in [6.45, 7) is 2.02. The quantitative estimate of drug-likeness (QED) is 0.587. The summed E-state index contributed by atoms with van der Waals surface area (Å²) < 4.78 is 44.0. The van der Waals surface area contributed by atoms with Crippen molar-refractivity contribution >= 4 is 0 Å². The molecule has 0 heterocycles. The molecule has 2 nitrogen and oxygen atoms in total. The molecule has 0 bridgehead atoms. The van der Waals surface area contributed by atoms with Crippen molar-refractivity contribution in [3.05, 3.63) is 0 Å². The Bertz CT molecular complexity index is 114. The zero-order chi connectivity index (χ0) is 10.2. The van der Waals surface area contributed by atoms with Crippen molar-refractivity contribution in [1.29, 1.82) is 0 Å². The summed E-state index contributed by atoms with van der Waals surface area (Å²) in [6.07, 6.45) is -2.79. The highest BCUT2D eigenvalue weighted by Gasteiger charge is 2.27. The number of rotatable bonds is 7. The van der Waals surface area contributed by atoms with E-state index >= 15 is 0 Å². The van der Waals surface area contributed by atoms with Crippen LogP contribution in [0.1, 0.15) is 19.8 Å². The van der Waals surface area contributed by atoms with Gasteiger partial charge in [-0.05, 0) is 12.8 Å². The number of alkyl halides is 3. The molecule has 0 aromatic carbocycles. The van der Waals surface area contributed by atoms with Crippen molar-refractivity contribution in [3.63, 3.8) is 0 Å². The smallest absolute Gasteiger partial charge is 0.381 e. The number of halogens is 3. The highest BCUT2D eigenvalue weighted by Crippen LogP contribution is 2.14. The summed E-state index contributed by atoms with van der Waals surface area (Å²) in [6, 6.07) is 0. The predicted octanol–water partition coefficient (Wildman–Crippen LogP) is 2.38. The summed E-state index contributed by atoms with van der Waals surface area (Å²) in [5.41, 5.74) is 0. The van der Waals surface area contributed by atoms with Crippen LogP contribution in [-0.4, -0.2) is 32.6 Å². The molecule has 0 aromatic heterocycles. The van der Waals surface area contributed by atoms with Crippen molar-refractivity contribution < 1.29 is 22.6 Å². The standard InChI is InChI=1S/C8H15F3O2/c1-2-4-12-5-3-6-13-7-8(9,10)11/h2-7H2,1H3. The minimum atomic E-state index is -4.22. The van der Waals surface area contributed by atoms with Gasteiger partial charge in [-0.1, -0.05) is 6.92 Å². The van der Waals surface area contributed by atoms with E-state index in [1.807, 2.05) is 6.92 Å². The first-order valence-corrected chi connectivity index (χ1v) is 4.28. The molecule has 0 saturated heterocycles. The van der Waals surface area contributed by atoms with Gasteiger partial charge < -0.3 is 9.47 Å². The first kappa shape index (κ1) is 12.7. The van der Waals surface area contributed by atoms with Crippen LogP contribution in [0.5, 0.6) is 0 Å². The maximum Gasteiger partial charge on any atom is 0.411 e. The van der Waals surface area contributed by atoms with Gasteiger partial charge in [-0.2, -0.15) is 13.2 Å². The van der Waals surface area contributed by atoms with Crippen LogP contribution in [0.2, 0.25) is 0 Å². The SMILES string of the molecule is CCCOCCCOCC(F)(F)F. The fourth-order valence-electron chi connectivity index (χ4n) is 0.697. The second kappa shape index (κ2) is 7.15. The topological polar surface area (TPSA) is 18.5 Å². The van der Waals surface area contributed by atoms with E-state index < -0.39 is 12.8 Å². The third-order valence-corrected chi connectivity index (χ3v) is 1.19. The second-order valence-corrected chi connectivity index (χ2v) is 2.63. The Hall–Kier alpha value is -0.290. The third kappa shape index (κ3) is 11.7. The number of hydrogen-bond donors (Lipinski definition) is 0. The lowest BCUT2D eigenvalue weighted by molar-refractivity contribution is -0.174. The zero-order valence-electron chi connectivity index (χ0n) is 7.69. The van der Waals surface area contributed by atoms with E-state index in [0.717, 1.165) is 6.42 Å². The fraction of sp³-hybridized carbons (Fsp3) is 1.00.